The minimum absolute atomic E-state index is 0. The van der Waals surface area contributed by atoms with Crippen LogP contribution in [0.3, 0.4) is 0 Å². The van der Waals surface area contributed by atoms with Gasteiger partial charge in [0.1, 0.15) is 0 Å². The maximum absolute atomic E-state index is 12.9. The summed E-state index contributed by atoms with van der Waals surface area (Å²) in [4.78, 5) is 19.7. The minimum atomic E-state index is 0. The SMILES string of the molecule is CCCN(C(=O)CCc1c(C)nc2c(c(OC)nn2C)c1C)C1CCNC1.Cl.Cl. The van der Waals surface area contributed by atoms with Crippen LogP contribution in [0.5, 0.6) is 5.88 Å². The summed E-state index contributed by atoms with van der Waals surface area (Å²) in [6.07, 6.45) is 3.23. The average Bonchev–Trinajstić information content (AvgIpc) is 3.27. The lowest BCUT2D eigenvalue weighted by atomic mass is 9.99. The van der Waals surface area contributed by atoms with Crippen molar-refractivity contribution >= 4 is 41.8 Å². The first kappa shape index (κ1) is 25.5. The summed E-state index contributed by atoms with van der Waals surface area (Å²) in [5.74, 6) is 0.831. The van der Waals surface area contributed by atoms with E-state index in [2.05, 4.69) is 29.2 Å². The Labute approximate surface area is 185 Å². The van der Waals surface area contributed by atoms with E-state index in [9.17, 15) is 4.79 Å². The van der Waals surface area contributed by atoms with E-state index in [1.165, 1.54) is 0 Å². The second kappa shape index (κ2) is 11.0. The lowest BCUT2D eigenvalue weighted by Crippen LogP contribution is -2.42. The number of amides is 1. The summed E-state index contributed by atoms with van der Waals surface area (Å²) in [6, 6.07) is 0.332. The van der Waals surface area contributed by atoms with Crippen molar-refractivity contribution in [1.82, 2.24) is 25.0 Å². The first-order valence-electron chi connectivity index (χ1n) is 9.84. The van der Waals surface area contributed by atoms with Gasteiger partial charge in [0.2, 0.25) is 11.8 Å². The van der Waals surface area contributed by atoms with Crippen LogP contribution in [0.25, 0.3) is 11.0 Å². The van der Waals surface area contributed by atoms with Crippen LogP contribution in [0, 0.1) is 13.8 Å². The molecule has 3 heterocycles. The number of hydrogen-bond donors (Lipinski definition) is 1. The van der Waals surface area contributed by atoms with Gasteiger partial charge >= 0.3 is 0 Å². The molecule has 2 aromatic heterocycles. The van der Waals surface area contributed by atoms with Gasteiger partial charge in [0.25, 0.3) is 0 Å². The fourth-order valence-corrected chi connectivity index (χ4v) is 4.14. The fraction of sp³-hybridized carbons (Fsp3) is 0.650. The second-order valence-electron chi connectivity index (χ2n) is 7.37. The molecule has 0 aliphatic carbocycles. The lowest BCUT2D eigenvalue weighted by molar-refractivity contribution is -0.133. The van der Waals surface area contributed by atoms with Crippen LogP contribution >= 0.6 is 24.8 Å². The molecule has 1 unspecified atom stereocenters. The van der Waals surface area contributed by atoms with E-state index in [-0.39, 0.29) is 30.7 Å². The average molecular weight is 446 g/mol. The molecule has 1 aliphatic heterocycles. The van der Waals surface area contributed by atoms with E-state index < -0.39 is 0 Å². The lowest BCUT2D eigenvalue weighted by Gasteiger charge is -2.28. The van der Waals surface area contributed by atoms with Crippen LogP contribution in [-0.2, 0) is 18.3 Å². The van der Waals surface area contributed by atoms with E-state index >= 15 is 0 Å². The molecule has 0 bridgehead atoms. The molecule has 9 heteroatoms. The largest absolute Gasteiger partial charge is 0.479 e. The Morgan fingerprint density at radius 2 is 2.07 bits per heavy atom. The number of aromatic nitrogens is 3. The number of ether oxygens (including phenoxy) is 1. The number of methoxy groups -OCH3 is 1. The number of hydrogen-bond acceptors (Lipinski definition) is 5. The Morgan fingerprint density at radius 3 is 2.66 bits per heavy atom. The highest BCUT2D eigenvalue weighted by Gasteiger charge is 2.26. The van der Waals surface area contributed by atoms with Crippen molar-refractivity contribution in [3.05, 3.63) is 16.8 Å². The molecule has 1 fully saturated rings. The highest BCUT2D eigenvalue weighted by Crippen LogP contribution is 2.30. The van der Waals surface area contributed by atoms with Gasteiger partial charge in [-0.3, -0.25) is 4.79 Å². The highest BCUT2D eigenvalue weighted by atomic mass is 35.5. The van der Waals surface area contributed by atoms with Gasteiger partial charge in [-0.1, -0.05) is 6.92 Å². The number of rotatable bonds is 7. The van der Waals surface area contributed by atoms with E-state index in [0.29, 0.717) is 24.8 Å². The molecule has 1 atom stereocenters. The molecule has 0 saturated carbocycles. The van der Waals surface area contributed by atoms with Gasteiger partial charge in [-0.2, -0.15) is 0 Å². The summed E-state index contributed by atoms with van der Waals surface area (Å²) in [5.41, 5.74) is 4.02. The van der Waals surface area contributed by atoms with Crippen molar-refractivity contribution in [3.8, 4) is 5.88 Å². The molecule has 0 aromatic carbocycles. The number of nitrogens with one attached hydrogen (secondary N) is 1. The number of nitrogens with zero attached hydrogens (tertiary/aromatic N) is 4. The third kappa shape index (κ3) is 5.13. The van der Waals surface area contributed by atoms with Crippen molar-refractivity contribution in [2.75, 3.05) is 26.7 Å². The molecule has 1 amide bonds. The summed E-state index contributed by atoms with van der Waals surface area (Å²) in [6.45, 7) is 8.95. The Hall–Kier alpha value is -1.57. The zero-order valence-corrected chi connectivity index (χ0v) is 19.6. The number of carbonyl (C=O) groups excluding carboxylic acids is 1. The Bertz CT molecular complexity index is 834. The molecule has 1 N–H and O–H groups in total. The molecule has 0 spiro atoms. The maximum Gasteiger partial charge on any atom is 0.242 e. The molecule has 1 saturated heterocycles. The number of aryl methyl sites for hydroxylation is 3. The van der Waals surface area contributed by atoms with E-state index in [0.717, 1.165) is 60.3 Å². The van der Waals surface area contributed by atoms with Gasteiger partial charge in [0.05, 0.1) is 12.5 Å². The van der Waals surface area contributed by atoms with Crippen LogP contribution < -0.4 is 10.1 Å². The Kier molecular flexibility index (Phi) is 9.65. The topological polar surface area (TPSA) is 72.3 Å². The van der Waals surface area contributed by atoms with Crippen molar-refractivity contribution in [1.29, 1.82) is 0 Å². The third-order valence-corrected chi connectivity index (χ3v) is 5.56. The van der Waals surface area contributed by atoms with Crippen LogP contribution in [0.4, 0.5) is 0 Å². The number of carbonyl (C=O) groups is 1. The molecule has 1 aliphatic rings. The number of fused-ring (bicyclic) bond motifs is 1. The van der Waals surface area contributed by atoms with E-state index in [1.54, 1.807) is 11.8 Å². The predicted molar refractivity (Wildman–Crippen MR) is 121 cm³/mol. The van der Waals surface area contributed by atoms with Crippen LogP contribution in [0.1, 0.15) is 43.0 Å². The number of halogens is 2. The van der Waals surface area contributed by atoms with Crippen molar-refractivity contribution in [2.45, 2.75) is 52.5 Å². The van der Waals surface area contributed by atoms with E-state index in [4.69, 9.17) is 9.72 Å². The summed E-state index contributed by atoms with van der Waals surface area (Å²) in [5, 5.41) is 8.71. The van der Waals surface area contributed by atoms with E-state index in [1.807, 2.05) is 14.0 Å². The standard InChI is InChI=1S/C20H31N5O2.2ClH/c1-6-11-25(15-9-10-21-12-15)17(26)8-7-16-13(2)18-19(22-14(16)3)24(4)23-20(18)27-5;;/h15,21H,6-12H2,1-5H3;2*1H. The quantitative estimate of drug-likeness (QED) is 0.708. The third-order valence-electron chi connectivity index (χ3n) is 5.56. The minimum Gasteiger partial charge on any atom is -0.479 e. The van der Waals surface area contributed by atoms with Crippen molar-refractivity contribution < 1.29 is 9.53 Å². The van der Waals surface area contributed by atoms with Gasteiger partial charge in [-0.25, -0.2) is 9.67 Å². The molecule has 0 radical (unpaired) electrons. The van der Waals surface area contributed by atoms with Gasteiger partial charge in [0.15, 0.2) is 5.65 Å². The summed E-state index contributed by atoms with van der Waals surface area (Å²) >= 11 is 0. The number of pyridine rings is 1. The monoisotopic (exact) mass is 445 g/mol. The molecule has 7 nitrogen and oxygen atoms in total. The molecule has 164 valence electrons. The Balaban J connectivity index is 0.00000210. The van der Waals surface area contributed by atoms with Crippen LogP contribution in [0.15, 0.2) is 0 Å². The van der Waals surface area contributed by atoms with Gasteiger partial charge in [-0.15, -0.1) is 29.9 Å². The fourth-order valence-electron chi connectivity index (χ4n) is 4.14. The first-order valence-corrected chi connectivity index (χ1v) is 9.84. The molecular weight excluding hydrogens is 413 g/mol. The normalized spacial score (nSPS) is 15.7. The second-order valence-corrected chi connectivity index (χ2v) is 7.37. The van der Waals surface area contributed by atoms with Crippen molar-refractivity contribution in [2.24, 2.45) is 7.05 Å². The molecule has 2 aromatic rings. The zero-order valence-electron chi connectivity index (χ0n) is 17.9. The summed E-state index contributed by atoms with van der Waals surface area (Å²) < 4.78 is 7.18. The first-order chi connectivity index (χ1) is 13.0. The zero-order chi connectivity index (χ0) is 19.6. The molecular formula is C20H33Cl2N5O2. The maximum atomic E-state index is 12.9. The molecule has 3 rings (SSSR count). The van der Waals surface area contributed by atoms with Gasteiger partial charge < -0.3 is 15.0 Å². The van der Waals surface area contributed by atoms with Gasteiger partial charge in [0, 0.05) is 38.3 Å². The summed E-state index contributed by atoms with van der Waals surface area (Å²) in [7, 11) is 3.50. The van der Waals surface area contributed by atoms with Crippen LogP contribution in [-0.4, -0.2) is 58.4 Å². The van der Waals surface area contributed by atoms with Crippen molar-refractivity contribution in [3.63, 3.8) is 0 Å². The Morgan fingerprint density at radius 1 is 1.34 bits per heavy atom. The van der Waals surface area contributed by atoms with Gasteiger partial charge in [-0.05, 0) is 50.8 Å². The molecule has 29 heavy (non-hydrogen) atoms. The smallest absolute Gasteiger partial charge is 0.242 e. The predicted octanol–water partition coefficient (Wildman–Crippen LogP) is 2.97. The highest BCUT2D eigenvalue weighted by molar-refractivity contribution is 5.86. The van der Waals surface area contributed by atoms with Crippen LogP contribution in [0.2, 0.25) is 0 Å².